The Labute approximate surface area is 126 Å². The summed E-state index contributed by atoms with van der Waals surface area (Å²) in [5.41, 5.74) is 0. The largest absolute Gasteiger partial charge is 0.481 e. The molecule has 2 heteroatoms. The molecule has 0 aliphatic rings. The van der Waals surface area contributed by atoms with E-state index in [1.807, 2.05) is 0 Å². The molecule has 0 saturated heterocycles. The second kappa shape index (κ2) is 13.5. The summed E-state index contributed by atoms with van der Waals surface area (Å²) in [4.78, 5) is 10.4. The van der Waals surface area contributed by atoms with Gasteiger partial charge in [-0.25, -0.2) is 0 Å². The number of hydrogen-bond acceptors (Lipinski definition) is 1. The van der Waals surface area contributed by atoms with Crippen LogP contribution in [-0.2, 0) is 4.79 Å². The molecule has 1 atom stereocenters. The van der Waals surface area contributed by atoms with Crippen molar-refractivity contribution in [3.8, 4) is 0 Å². The zero-order chi connectivity index (χ0) is 15.2. The molecule has 0 aromatic heterocycles. The Bertz CT molecular complexity index is 223. The lowest BCUT2D eigenvalue weighted by Crippen LogP contribution is -1.96. The molecule has 1 N–H and O–H groups in total. The van der Waals surface area contributed by atoms with Crippen LogP contribution in [0.3, 0.4) is 0 Å². The van der Waals surface area contributed by atoms with Crippen LogP contribution in [0.4, 0.5) is 0 Å². The van der Waals surface area contributed by atoms with Crippen molar-refractivity contribution < 1.29 is 9.90 Å². The van der Waals surface area contributed by atoms with Crippen LogP contribution in [0.1, 0.15) is 97.8 Å². The van der Waals surface area contributed by atoms with Gasteiger partial charge < -0.3 is 5.11 Å². The Morgan fingerprint density at radius 3 is 1.75 bits per heavy atom. The van der Waals surface area contributed by atoms with E-state index in [1.165, 1.54) is 57.8 Å². The molecule has 120 valence electrons. The number of carboxylic acids is 1. The number of hydrogen-bond donors (Lipinski definition) is 1. The van der Waals surface area contributed by atoms with Crippen molar-refractivity contribution in [3.05, 3.63) is 0 Å². The van der Waals surface area contributed by atoms with Crippen LogP contribution < -0.4 is 0 Å². The van der Waals surface area contributed by atoms with E-state index in [0.29, 0.717) is 6.42 Å². The Kier molecular flexibility index (Phi) is 13.1. The van der Waals surface area contributed by atoms with Gasteiger partial charge in [0.15, 0.2) is 0 Å². The fourth-order valence-corrected chi connectivity index (χ4v) is 2.67. The fourth-order valence-electron chi connectivity index (χ4n) is 2.67. The summed E-state index contributed by atoms with van der Waals surface area (Å²) in [6, 6.07) is 0. The molecule has 0 bridgehead atoms. The standard InChI is InChI=1S/C18H36O2/c1-16(2)12-10-11-14-17(3)13-8-6-4-5-7-9-15-18(19)20/h16-17H,4-15H2,1-3H3,(H,19,20). The molecule has 20 heavy (non-hydrogen) atoms. The van der Waals surface area contributed by atoms with Gasteiger partial charge in [-0.3, -0.25) is 4.79 Å². The third-order valence-corrected chi connectivity index (χ3v) is 4.07. The highest BCUT2D eigenvalue weighted by Gasteiger charge is 2.03. The number of carbonyl (C=O) groups is 1. The maximum atomic E-state index is 10.4. The number of carboxylic acid groups (broad SMARTS) is 1. The monoisotopic (exact) mass is 284 g/mol. The van der Waals surface area contributed by atoms with Gasteiger partial charge in [-0.15, -0.1) is 0 Å². The van der Waals surface area contributed by atoms with Crippen LogP contribution in [0.2, 0.25) is 0 Å². The van der Waals surface area contributed by atoms with E-state index in [9.17, 15) is 4.79 Å². The normalized spacial score (nSPS) is 12.8. The quantitative estimate of drug-likeness (QED) is 0.394. The summed E-state index contributed by atoms with van der Waals surface area (Å²) in [5, 5.41) is 8.53. The third-order valence-electron chi connectivity index (χ3n) is 4.07. The molecule has 1 unspecified atom stereocenters. The zero-order valence-corrected chi connectivity index (χ0v) is 14.0. The van der Waals surface area contributed by atoms with Gasteiger partial charge >= 0.3 is 5.97 Å². The molecule has 0 aliphatic carbocycles. The van der Waals surface area contributed by atoms with Crippen molar-refractivity contribution in [1.82, 2.24) is 0 Å². The summed E-state index contributed by atoms with van der Waals surface area (Å²) in [5.74, 6) is 1.08. The first-order valence-electron chi connectivity index (χ1n) is 8.74. The van der Waals surface area contributed by atoms with Gasteiger partial charge in [0.1, 0.15) is 0 Å². The lowest BCUT2D eigenvalue weighted by molar-refractivity contribution is -0.137. The molecule has 0 radical (unpaired) electrons. The van der Waals surface area contributed by atoms with Crippen molar-refractivity contribution in [2.24, 2.45) is 11.8 Å². The van der Waals surface area contributed by atoms with Crippen molar-refractivity contribution >= 4 is 5.97 Å². The van der Waals surface area contributed by atoms with Crippen molar-refractivity contribution in [2.75, 3.05) is 0 Å². The second-order valence-electron chi connectivity index (χ2n) is 6.84. The molecule has 0 aromatic rings. The van der Waals surface area contributed by atoms with Gasteiger partial charge in [-0.05, 0) is 18.3 Å². The summed E-state index contributed by atoms with van der Waals surface area (Å²) in [7, 11) is 0. The number of unbranched alkanes of at least 4 members (excludes halogenated alkanes) is 6. The Morgan fingerprint density at radius 2 is 1.20 bits per heavy atom. The van der Waals surface area contributed by atoms with E-state index in [-0.39, 0.29) is 0 Å². The Balaban J connectivity index is 3.19. The van der Waals surface area contributed by atoms with Crippen molar-refractivity contribution in [1.29, 1.82) is 0 Å². The van der Waals surface area contributed by atoms with Gasteiger partial charge in [-0.2, -0.15) is 0 Å². The highest BCUT2D eigenvalue weighted by atomic mass is 16.4. The highest BCUT2D eigenvalue weighted by Crippen LogP contribution is 2.18. The molecular weight excluding hydrogens is 248 g/mol. The molecule has 0 aliphatic heterocycles. The molecule has 0 saturated carbocycles. The molecule has 0 rings (SSSR count). The summed E-state index contributed by atoms with van der Waals surface area (Å²) >= 11 is 0. The fraction of sp³-hybridized carbons (Fsp3) is 0.944. The average molecular weight is 284 g/mol. The van der Waals surface area contributed by atoms with Crippen LogP contribution in [0.25, 0.3) is 0 Å². The van der Waals surface area contributed by atoms with E-state index >= 15 is 0 Å². The van der Waals surface area contributed by atoms with Gasteiger partial charge in [0.05, 0.1) is 0 Å². The minimum atomic E-state index is -0.656. The Morgan fingerprint density at radius 1 is 0.750 bits per heavy atom. The van der Waals surface area contributed by atoms with Crippen LogP contribution >= 0.6 is 0 Å². The summed E-state index contributed by atoms with van der Waals surface area (Å²) in [6.07, 6.45) is 14.4. The van der Waals surface area contributed by atoms with E-state index in [4.69, 9.17) is 5.11 Å². The molecule has 0 spiro atoms. The van der Waals surface area contributed by atoms with E-state index in [1.54, 1.807) is 0 Å². The minimum Gasteiger partial charge on any atom is -0.481 e. The predicted molar refractivity (Wildman–Crippen MR) is 87.0 cm³/mol. The van der Waals surface area contributed by atoms with Gasteiger partial charge in [0.25, 0.3) is 0 Å². The molecule has 0 heterocycles. The molecule has 2 nitrogen and oxygen atoms in total. The van der Waals surface area contributed by atoms with E-state index in [0.717, 1.165) is 24.7 Å². The van der Waals surface area contributed by atoms with Crippen molar-refractivity contribution in [2.45, 2.75) is 97.8 Å². The predicted octanol–water partition coefficient (Wildman–Crippen LogP) is 6.04. The lowest BCUT2D eigenvalue weighted by Gasteiger charge is -2.11. The number of aliphatic carboxylic acids is 1. The van der Waals surface area contributed by atoms with Gasteiger partial charge in [0.2, 0.25) is 0 Å². The Hall–Kier alpha value is -0.530. The van der Waals surface area contributed by atoms with Crippen LogP contribution in [-0.4, -0.2) is 11.1 Å². The molecule has 0 amide bonds. The summed E-state index contributed by atoms with van der Waals surface area (Å²) < 4.78 is 0. The van der Waals surface area contributed by atoms with Crippen LogP contribution in [0.5, 0.6) is 0 Å². The van der Waals surface area contributed by atoms with Gasteiger partial charge in [0, 0.05) is 6.42 Å². The molecular formula is C18H36O2. The SMILES string of the molecule is CC(C)CCCCC(C)CCCCCCCCC(=O)O. The lowest BCUT2D eigenvalue weighted by atomic mass is 9.95. The van der Waals surface area contributed by atoms with E-state index < -0.39 is 5.97 Å². The summed E-state index contributed by atoms with van der Waals surface area (Å²) in [6.45, 7) is 7.00. The first kappa shape index (κ1) is 19.5. The molecule has 0 fully saturated rings. The topological polar surface area (TPSA) is 37.3 Å². The number of rotatable bonds is 14. The minimum absolute atomic E-state index is 0.341. The van der Waals surface area contributed by atoms with Gasteiger partial charge in [-0.1, -0.05) is 85.0 Å². The van der Waals surface area contributed by atoms with Crippen molar-refractivity contribution in [3.63, 3.8) is 0 Å². The third kappa shape index (κ3) is 15.5. The first-order chi connectivity index (χ1) is 9.52. The first-order valence-corrected chi connectivity index (χ1v) is 8.74. The zero-order valence-electron chi connectivity index (χ0n) is 14.0. The van der Waals surface area contributed by atoms with Crippen LogP contribution in [0, 0.1) is 11.8 Å². The maximum absolute atomic E-state index is 10.4. The van der Waals surface area contributed by atoms with E-state index in [2.05, 4.69) is 20.8 Å². The average Bonchev–Trinajstić information content (AvgIpc) is 2.37. The maximum Gasteiger partial charge on any atom is 0.303 e. The smallest absolute Gasteiger partial charge is 0.303 e. The highest BCUT2D eigenvalue weighted by molar-refractivity contribution is 5.66. The van der Waals surface area contributed by atoms with Crippen LogP contribution in [0.15, 0.2) is 0 Å². The molecule has 0 aromatic carbocycles. The second-order valence-corrected chi connectivity index (χ2v) is 6.84.